The van der Waals surface area contributed by atoms with Gasteiger partial charge in [-0.3, -0.25) is 14.5 Å². The first-order valence-electron chi connectivity index (χ1n) is 7.94. The lowest BCUT2D eigenvalue weighted by atomic mass is 10.1. The number of halogens is 3. The molecule has 0 spiro atoms. The van der Waals surface area contributed by atoms with Gasteiger partial charge in [-0.15, -0.1) is 0 Å². The molecule has 2 aromatic rings. The zero-order valence-corrected chi connectivity index (χ0v) is 14.7. The topological polar surface area (TPSA) is 97.2 Å². The van der Waals surface area contributed by atoms with Crippen LogP contribution >= 0.6 is 0 Å². The van der Waals surface area contributed by atoms with Gasteiger partial charge in [0.1, 0.15) is 0 Å². The van der Waals surface area contributed by atoms with Crippen molar-refractivity contribution in [2.24, 2.45) is 0 Å². The van der Waals surface area contributed by atoms with Crippen molar-refractivity contribution in [2.75, 3.05) is 6.54 Å². The molecular formula is C15H16F3N5O3S. The molecule has 0 aromatic carbocycles. The Hall–Kier alpha value is -2.47. The van der Waals surface area contributed by atoms with Gasteiger partial charge in [0, 0.05) is 18.9 Å². The molecule has 1 aliphatic heterocycles. The summed E-state index contributed by atoms with van der Waals surface area (Å²) in [5, 5.41) is 6.63. The summed E-state index contributed by atoms with van der Waals surface area (Å²) >= 11 is 0. The smallest absolute Gasteiger partial charge is 0.350 e. The fraction of sp³-hybridized carbons (Fsp3) is 0.400. The third kappa shape index (κ3) is 4.11. The summed E-state index contributed by atoms with van der Waals surface area (Å²) in [5.74, 6) is -0.446. The van der Waals surface area contributed by atoms with Crippen LogP contribution < -0.4 is 5.32 Å². The first-order valence-corrected chi connectivity index (χ1v) is 9.38. The minimum Gasteiger partial charge on any atom is -0.350 e. The van der Waals surface area contributed by atoms with E-state index in [4.69, 9.17) is 0 Å². The van der Waals surface area contributed by atoms with Crippen molar-refractivity contribution in [3.8, 4) is 0 Å². The maximum absolute atomic E-state index is 12.9. The van der Waals surface area contributed by atoms with E-state index >= 15 is 0 Å². The van der Waals surface area contributed by atoms with E-state index in [1.54, 1.807) is 24.4 Å². The van der Waals surface area contributed by atoms with Gasteiger partial charge in [0.25, 0.3) is 0 Å². The number of hydrogen-bond donors (Lipinski definition) is 1. The number of nitrogens with one attached hydrogen (secondary N) is 1. The summed E-state index contributed by atoms with van der Waals surface area (Å²) in [6.45, 7) is -0.787. The Kier molecular flexibility index (Phi) is 5.20. The molecule has 1 amide bonds. The van der Waals surface area contributed by atoms with Crippen molar-refractivity contribution < 1.29 is 26.4 Å². The lowest BCUT2D eigenvalue weighted by Gasteiger charge is -2.33. The molecule has 0 saturated heterocycles. The number of hydrogen-bond acceptors (Lipinski definition) is 5. The van der Waals surface area contributed by atoms with E-state index in [1.165, 1.54) is 16.9 Å². The maximum Gasteiger partial charge on any atom is 0.511 e. The number of pyridine rings is 1. The lowest BCUT2D eigenvalue weighted by molar-refractivity contribution is -0.122. The highest BCUT2D eigenvalue weighted by molar-refractivity contribution is 7.89. The molecule has 1 aliphatic rings. The fourth-order valence-corrected chi connectivity index (χ4v) is 3.78. The summed E-state index contributed by atoms with van der Waals surface area (Å²) in [5.41, 5.74) is -4.49. The number of nitrogens with zero attached hydrogens (tertiary/aromatic N) is 4. The van der Waals surface area contributed by atoms with E-state index in [2.05, 4.69) is 15.4 Å². The highest BCUT2D eigenvalue weighted by atomic mass is 32.2. The van der Waals surface area contributed by atoms with Crippen molar-refractivity contribution in [2.45, 2.75) is 31.1 Å². The lowest BCUT2D eigenvalue weighted by Crippen LogP contribution is -2.47. The largest absolute Gasteiger partial charge is 0.511 e. The van der Waals surface area contributed by atoms with Gasteiger partial charge in [-0.25, -0.2) is 8.42 Å². The number of carbonyl (C=O) groups is 1. The van der Waals surface area contributed by atoms with Crippen LogP contribution in [0.15, 0.2) is 36.7 Å². The van der Waals surface area contributed by atoms with Crippen molar-refractivity contribution in [3.63, 3.8) is 0 Å². The molecule has 0 bridgehead atoms. The molecule has 0 aliphatic carbocycles. The molecular weight excluding hydrogens is 387 g/mol. The van der Waals surface area contributed by atoms with E-state index < -0.39 is 40.6 Å². The molecule has 3 heterocycles. The average Bonchev–Trinajstić information content (AvgIpc) is 3.09. The van der Waals surface area contributed by atoms with Crippen LogP contribution in [-0.4, -0.2) is 45.4 Å². The predicted octanol–water partition coefficient (Wildman–Crippen LogP) is 1.19. The monoisotopic (exact) mass is 403 g/mol. The van der Waals surface area contributed by atoms with E-state index in [1.807, 2.05) is 0 Å². The number of amides is 1. The summed E-state index contributed by atoms with van der Waals surface area (Å²) in [4.78, 5) is 16.3. The molecule has 3 rings (SSSR count). The van der Waals surface area contributed by atoms with Gasteiger partial charge in [0.15, 0.2) is 0 Å². The number of sulfonamides is 1. The summed E-state index contributed by atoms with van der Waals surface area (Å²) in [7, 11) is -5.49. The predicted molar refractivity (Wildman–Crippen MR) is 87.3 cm³/mol. The third-order valence-corrected chi connectivity index (χ3v) is 5.64. The number of aromatic nitrogens is 3. The van der Waals surface area contributed by atoms with Gasteiger partial charge in [-0.2, -0.15) is 22.6 Å². The Morgan fingerprint density at radius 3 is 2.70 bits per heavy atom. The molecule has 0 radical (unpaired) electrons. The number of alkyl halides is 3. The highest BCUT2D eigenvalue weighted by Gasteiger charge is 2.51. The molecule has 8 nitrogen and oxygen atoms in total. The van der Waals surface area contributed by atoms with Crippen molar-refractivity contribution in [1.82, 2.24) is 24.4 Å². The molecule has 1 atom stereocenters. The van der Waals surface area contributed by atoms with Crippen LogP contribution in [0.1, 0.15) is 23.9 Å². The standard InChI is InChI=1S/C15H16F3N5O3S/c16-15(17,18)27(25,26)22-9-12-4-6-21-23(12)13(10-22)7-14(24)20-8-11-3-1-2-5-19-11/h1-6,13H,7-10H2,(H,20,24)/t13-/m0/s1. The first-order chi connectivity index (χ1) is 12.7. The molecule has 1 N–H and O–H groups in total. The Bertz CT molecular complexity index is 914. The van der Waals surface area contributed by atoms with Gasteiger partial charge in [0.2, 0.25) is 5.91 Å². The fourth-order valence-electron chi connectivity index (χ4n) is 2.81. The van der Waals surface area contributed by atoms with Crippen molar-refractivity contribution >= 4 is 15.9 Å². The zero-order chi connectivity index (χ0) is 19.7. The van der Waals surface area contributed by atoms with Crippen LogP contribution in [0.25, 0.3) is 0 Å². The summed E-state index contributed by atoms with van der Waals surface area (Å²) in [6.07, 6.45) is 2.71. The van der Waals surface area contributed by atoms with Crippen LogP contribution in [-0.2, 0) is 27.9 Å². The van der Waals surface area contributed by atoms with Gasteiger partial charge < -0.3 is 5.32 Å². The number of carbonyl (C=O) groups excluding carboxylic acids is 1. The van der Waals surface area contributed by atoms with Gasteiger partial charge in [-0.1, -0.05) is 6.07 Å². The Morgan fingerprint density at radius 1 is 1.26 bits per heavy atom. The van der Waals surface area contributed by atoms with Crippen molar-refractivity contribution in [1.29, 1.82) is 0 Å². The first kappa shape index (κ1) is 19.3. The molecule has 2 aromatic heterocycles. The average molecular weight is 403 g/mol. The van der Waals surface area contributed by atoms with Crippen molar-refractivity contribution in [3.05, 3.63) is 48.0 Å². The van der Waals surface area contributed by atoms with Gasteiger partial charge in [0.05, 0.1) is 36.9 Å². The van der Waals surface area contributed by atoms with Gasteiger partial charge >= 0.3 is 15.5 Å². The minimum absolute atomic E-state index is 0.156. The minimum atomic E-state index is -5.49. The molecule has 12 heteroatoms. The quantitative estimate of drug-likeness (QED) is 0.809. The van der Waals surface area contributed by atoms with E-state index in [9.17, 15) is 26.4 Å². The third-order valence-electron chi connectivity index (χ3n) is 4.10. The number of rotatable bonds is 5. The molecule has 0 unspecified atom stereocenters. The highest BCUT2D eigenvalue weighted by Crippen LogP contribution is 2.32. The second-order valence-electron chi connectivity index (χ2n) is 5.97. The molecule has 0 fully saturated rings. The van der Waals surface area contributed by atoms with Crippen LogP contribution in [0.2, 0.25) is 0 Å². The van der Waals surface area contributed by atoms with E-state index in [0.29, 0.717) is 10.00 Å². The van der Waals surface area contributed by atoms with Gasteiger partial charge in [-0.05, 0) is 18.2 Å². The van der Waals surface area contributed by atoms with E-state index in [0.717, 1.165) is 0 Å². The molecule has 27 heavy (non-hydrogen) atoms. The van der Waals surface area contributed by atoms with Crippen LogP contribution in [0, 0.1) is 0 Å². The SMILES string of the molecule is O=C(C[C@H]1CN(S(=O)(=O)C(F)(F)F)Cc2ccnn21)NCc1ccccn1. The maximum atomic E-state index is 12.9. The summed E-state index contributed by atoms with van der Waals surface area (Å²) in [6, 6.07) is 5.78. The molecule has 146 valence electrons. The number of fused-ring (bicyclic) bond motifs is 1. The normalized spacial score (nSPS) is 18.1. The zero-order valence-electron chi connectivity index (χ0n) is 13.9. The Balaban J connectivity index is 1.72. The van der Waals surface area contributed by atoms with Crippen LogP contribution in [0.5, 0.6) is 0 Å². The Labute approximate surface area is 153 Å². The summed E-state index contributed by atoms with van der Waals surface area (Å²) < 4.78 is 63.9. The van der Waals surface area contributed by atoms with E-state index in [-0.39, 0.29) is 18.7 Å². The second-order valence-corrected chi connectivity index (χ2v) is 7.90. The Morgan fingerprint density at radius 2 is 2.04 bits per heavy atom. The van der Waals surface area contributed by atoms with Crippen LogP contribution in [0.3, 0.4) is 0 Å². The van der Waals surface area contributed by atoms with Crippen LogP contribution in [0.4, 0.5) is 13.2 Å². The second kappa shape index (κ2) is 7.27. The molecule has 0 saturated carbocycles.